The number of hydrogen-bond donors (Lipinski definition) is 0. The summed E-state index contributed by atoms with van der Waals surface area (Å²) >= 11 is 6.04. The minimum absolute atomic E-state index is 0.776. The van der Waals surface area contributed by atoms with E-state index in [1.54, 1.807) is 0 Å². The fourth-order valence-corrected chi connectivity index (χ4v) is 2.81. The van der Waals surface area contributed by atoms with Crippen LogP contribution in [0.1, 0.15) is 24.8 Å². The van der Waals surface area contributed by atoms with E-state index in [-0.39, 0.29) is 0 Å². The van der Waals surface area contributed by atoms with Gasteiger partial charge in [0.25, 0.3) is 0 Å². The number of benzene rings is 1. The zero-order valence-electron chi connectivity index (χ0n) is 10.6. The molecule has 2 heterocycles. The number of fused-ring (bicyclic) bond motifs is 1. The molecule has 94 valence electrons. The highest BCUT2D eigenvalue weighted by atomic mass is 35.5. The summed E-state index contributed by atoms with van der Waals surface area (Å²) in [5.41, 5.74) is 2.29. The van der Waals surface area contributed by atoms with Gasteiger partial charge in [-0.3, -0.25) is 0 Å². The van der Waals surface area contributed by atoms with Crippen LogP contribution >= 0.6 is 11.6 Å². The monoisotopic (exact) mass is 260 g/mol. The first-order valence-corrected chi connectivity index (χ1v) is 6.94. The molecule has 0 spiro atoms. The fraction of sp³-hybridized carbons (Fsp3) is 0.400. The molecule has 18 heavy (non-hydrogen) atoms. The van der Waals surface area contributed by atoms with Crippen LogP contribution in [0.15, 0.2) is 24.3 Å². The van der Waals surface area contributed by atoms with Gasteiger partial charge in [0, 0.05) is 23.5 Å². The first-order chi connectivity index (χ1) is 8.74. The number of anilines is 1. The second-order valence-corrected chi connectivity index (χ2v) is 5.44. The average Bonchev–Trinajstić information content (AvgIpc) is 2.40. The maximum atomic E-state index is 6.04. The Morgan fingerprint density at radius 3 is 2.67 bits per heavy atom. The Labute approximate surface area is 113 Å². The molecule has 1 saturated heterocycles. The summed E-state index contributed by atoms with van der Waals surface area (Å²) in [5, 5.41) is 1.93. The van der Waals surface area contributed by atoms with Crippen LogP contribution in [-0.2, 0) is 0 Å². The standard InChI is InChI=1S/C15H17ClN2/c1-11-9-15(18-7-3-2-4-8-18)17-14-6-5-12(16)10-13(11)14/h5-6,9-10H,2-4,7-8H2,1H3. The number of pyridine rings is 1. The first kappa shape index (κ1) is 11.8. The van der Waals surface area contributed by atoms with Gasteiger partial charge < -0.3 is 4.90 Å². The van der Waals surface area contributed by atoms with Gasteiger partial charge in [-0.05, 0) is 56.0 Å². The molecule has 1 aromatic heterocycles. The summed E-state index contributed by atoms with van der Waals surface area (Å²) in [6.45, 7) is 4.39. The van der Waals surface area contributed by atoms with Crippen molar-refractivity contribution < 1.29 is 0 Å². The Kier molecular flexibility index (Phi) is 3.13. The van der Waals surface area contributed by atoms with Crippen LogP contribution in [-0.4, -0.2) is 18.1 Å². The van der Waals surface area contributed by atoms with Crippen molar-refractivity contribution in [3.8, 4) is 0 Å². The summed E-state index contributed by atoms with van der Waals surface area (Å²) in [5.74, 6) is 1.11. The Hall–Kier alpha value is -1.28. The van der Waals surface area contributed by atoms with Crippen LogP contribution < -0.4 is 4.90 Å². The van der Waals surface area contributed by atoms with Crippen molar-refractivity contribution in [2.75, 3.05) is 18.0 Å². The van der Waals surface area contributed by atoms with Crippen LogP contribution in [0.5, 0.6) is 0 Å². The molecule has 0 amide bonds. The number of rotatable bonds is 1. The van der Waals surface area contributed by atoms with E-state index in [1.807, 2.05) is 18.2 Å². The van der Waals surface area contributed by atoms with Gasteiger partial charge in [-0.2, -0.15) is 0 Å². The van der Waals surface area contributed by atoms with Crippen molar-refractivity contribution in [3.05, 3.63) is 34.9 Å². The van der Waals surface area contributed by atoms with E-state index in [1.165, 1.54) is 24.8 Å². The molecule has 0 saturated carbocycles. The van der Waals surface area contributed by atoms with Gasteiger partial charge in [0.2, 0.25) is 0 Å². The van der Waals surface area contributed by atoms with Gasteiger partial charge in [0.1, 0.15) is 5.82 Å². The summed E-state index contributed by atoms with van der Waals surface area (Å²) in [4.78, 5) is 7.16. The van der Waals surface area contributed by atoms with Crippen molar-refractivity contribution in [1.29, 1.82) is 0 Å². The highest BCUT2D eigenvalue weighted by Gasteiger charge is 2.13. The molecular weight excluding hydrogens is 244 g/mol. The fourth-order valence-electron chi connectivity index (χ4n) is 2.63. The Morgan fingerprint density at radius 1 is 1.11 bits per heavy atom. The molecular formula is C15H17ClN2. The minimum Gasteiger partial charge on any atom is -0.357 e. The lowest BCUT2D eigenvalue weighted by Crippen LogP contribution is -2.30. The normalized spacial score (nSPS) is 16.2. The van der Waals surface area contributed by atoms with Crippen molar-refractivity contribution >= 4 is 28.3 Å². The number of nitrogens with zero attached hydrogens (tertiary/aromatic N) is 2. The molecule has 2 nitrogen and oxygen atoms in total. The quantitative estimate of drug-likeness (QED) is 0.764. The zero-order chi connectivity index (χ0) is 12.5. The Balaban J connectivity index is 2.06. The lowest BCUT2D eigenvalue weighted by atomic mass is 10.1. The molecule has 3 rings (SSSR count). The largest absolute Gasteiger partial charge is 0.357 e. The Morgan fingerprint density at radius 2 is 1.89 bits per heavy atom. The predicted octanol–water partition coefficient (Wildman–Crippen LogP) is 4.19. The molecule has 0 bridgehead atoms. The molecule has 0 aliphatic carbocycles. The van der Waals surface area contributed by atoms with Crippen LogP contribution in [0.3, 0.4) is 0 Å². The highest BCUT2D eigenvalue weighted by Crippen LogP contribution is 2.26. The third kappa shape index (κ3) is 2.17. The molecule has 0 atom stereocenters. The second kappa shape index (κ2) is 4.77. The predicted molar refractivity (Wildman–Crippen MR) is 77.6 cm³/mol. The van der Waals surface area contributed by atoms with Crippen molar-refractivity contribution in [2.45, 2.75) is 26.2 Å². The molecule has 3 heteroatoms. The van der Waals surface area contributed by atoms with Gasteiger partial charge in [0.05, 0.1) is 5.52 Å². The molecule has 2 aromatic rings. The second-order valence-electron chi connectivity index (χ2n) is 5.01. The smallest absolute Gasteiger partial charge is 0.129 e. The number of piperidine rings is 1. The number of hydrogen-bond acceptors (Lipinski definition) is 2. The topological polar surface area (TPSA) is 16.1 Å². The summed E-state index contributed by atoms with van der Waals surface area (Å²) in [6, 6.07) is 8.11. The van der Waals surface area contributed by atoms with Gasteiger partial charge in [-0.25, -0.2) is 4.98 Å². The molecule has 1 fully saturated rings. The SMILES string of the molecule is Cc1cc(N2CCCCC2)nc2ccc(Cl)cc12. The maximum Gasteiger partial charge on any atom is 0.129 e. The lowest BCUT2D eigenvalue weighted by Gasteiger charge is -2.28. The van der Waals surface area contributed by atoms with E-state index in [4.69, 9.17) is 16.6 Å². The van der Waals surface area contributed by atoms with Crippen LogP contribution in [0.2, 0.25) is 5.02 Å². The van der Waals surface area contributed by atoms with E-state index >= 15 is 0 Å². The third-order valence-electron chi connectivity index (χ3n) is 3.64. The zero-order valence-corrected chi connectivity index (χ0v) is 11.4. The molecule has 0 radical (unpaired) electrons. The minimum atomic E-state index is 0.776. The molecule has 1 aromatic carbocycles. The third-order valence-corrected chi connectivity index (χ3v) is 3.88. The lowest BCUT2D eigenvalue weighted by molar-refractivity contribution is 0.574. The van der Waals surface area contributed by atoms with Crippen molar-refractivity contribution in [2.24, 2.45) is 0 Å². The number of aromatic nitrogens is 1. The van der Waals surface area contributed by atoms with Crippen LogP contribution in [0.25, 0.3) is 10.9 Å². The number of halogens is 1. The average molecular weight is 261 g/mol. The summed E-state index contributed by atoms with van der Waals surface area (Å²) < 4.78 is 0. The van der Waals surface area contributed by atoms with Crippen molar-refractivity contribution in [3.63, 3.8) is 0 Å². The Bertz CT molecular complexity index is 574. The maximum absolute atomic E-state index is 6.04. The molecule has 0 N–H and O–H groups in total. The number of aryl methyl sites for hydroxylation is 1. The summed E-state index contributed by atoms with van der Waals surface area (Å²) in [7, 11) is 0. The molecule has 0 unspecified atom stereocenters. The van der Waals surface area contributed by atoms with Crippen LogP contribution in [0, 0.1) is 6.92 Å². The summed E-state index contributed by atoms with van der Waals surface area (Å²) in [6.07, 6.45) is 3.90. The van der Waals surface area contributed by atoms with Gasteiger partial charge >= 0.3 is 0 Å². The van der Waals surface area contributed by atoms with E-state index in [0.717, 1.165) is 34.8 Å². The van der Waals surface area contributed by atoms with Gasteiger partial charge in [-0.1, -0.05) is 11.6 Å². The van der Waals surface area contributed by atoms with Gasteiger partial charge in [-0.15, -0.1) is 0 Å². The van der Waals surface area contributed by atoms with E-state index in [2.05, 4.69) is 17.9 Å². The van der Waals surface area contributed by atoms with E-state index in [0.29, 0.717) is 0 Å². The molecule has 1 aliphatic rings. The van der Waals surface area contributed by atoms with Gasteiger partial charge in [0.15, 0.2) is 0 Å². The highest BCUT2D eigenvalue weighted by molar-refractivity contribution is 6.31. The van der Waals surface area contributed by atoms with E-state index < -0.39 is 0 Å². The first-order valence-electron chi connectivity index (χ1n) is 6.56. The molecule has 1 aliphatic heterocycles. The van der Waals surface area contributed by atoms with E-state index in [9.17, 15) is 0 Å². The van der Waals surface area contributed by atoms with Crippen LogP contribution in [0.4, 0.5) is 5.82 Å². The van der Waals surface area contributed by atoms with Crippen molar-refractivity contribution in [1.82, 2.24) is 4.98 Å².